The summed E-state index contributed by atoms with van der Waals surface area (Å²) in [6.07, 6.45) is 0.654. The van der Waals surface area contributed by atoms with Crippen LogP contribution >= 0.6 is 0 Å². The minimum atomic E-state index is -3.11. The van der Waals surface area contributed by atoms with E-state index in [0.717, 1.165) is 0 Å². The Morgan fingerprint density at radius 2 is 1.53 bits per heavy atom. The third-order valence-electron chi connectivity index (χ3n) is 2.39. The monoisotopic (exact) mass is 220 g/mol. The van der Waals surface area contributed by atoms with Gasteiger partial charge in [-0.05, 0) is 24.7 Å². The first-order valence-corrected chi connectivity index (χ1v) is 5.67. The van der Waals surface area contributed by atoms with Crippen molar-refractivity contribution in [1.29, 1.82) is 0 Å². The average molecular weight is 220 g/mol. The van der Waals surface area contributed by atoms with Gasteiger partial charge in [-0.25, -0.2) is 0 Å². The van der Waals surface area contributed by atoms with Crippen LogP contribution in [0.15, 0.2) is 0 Å². The number of halogens is 2. The highest BCUT2D eigenvalue weighted by atomic mass is 19.3. The summed E-state index contributed by atoms with van der Waals surface area (Å²) in [6, 6.07) is 0. The number of rotatable bonds is 7. The summed E-state index contributed by atoms with van der Waals surface area (Å²) in [4.78, 5) is 11.2. The molecule has 0 unspecified atom stereocenters. The van der Waals surface area contributed by atoms with Crippen molar-refractivity contribution >= 4 is 5.78 Å². The van der Waals surface area contributed by atoms with Crippen LogP contribution < -0.4 is 0 Å². The smallest absolute Gasteiger partial charge is 0.293 e. The lowest BCUT2D eigenvalue weighted by Crippen LogP contribution is -2.29. The van der Waals surface area contributed by atoms with Crippen LogP contribution in [0.25, 0.3) is 0 Å². The van der Waals surface area contributed by atoms with Gasteiger partial charge in [0, 0.05) is 12.8 Å². The molecule has 0 saturated carbocycles. The maximum Gasteiger partial charge on any atom is 0.305 e. The summed E-state index contributed by atoms with van der Waals surface area (Å²) in [5, 5.41) is 0. The fraction of sp³-hybridized carbons (Fsp3) is 0.917. The van der Waals surface area contributed by atoms with Crippen LogP contribution in [-0.2, 0) is 4.79 Å². The van der Waals surface area contributed by atoms with Crippen LogP contribution in [0, 0.1) is 11.8 Å². The Balaban J connectivity index is 4.02. The maximum atomic E-state index is 13.3. The second kappa shape index (κ2) is 6.19. The Bertz CT molecular complexity index is 198. The fourth-order valence-corrected chi connectivity index (χ4v) is 1.21. The van der Waals surface area contributed by atoms with Crippen LogP contribution in [0.2, 0.25) is 0 Å². The third kappa shape index (κ3) is 6.58. The van der Waals surface area contributed by atoms with Crippen molar-refractivity contribution in [1.82, 2.24) is 0 Å². The van der Waals surface area contributed by atoms with Crippen molar-refractivity contribution in [3.8, 4) is 0 Å². The highest BCUT2D eigenvalue weighted by molar-refractivity contribution is 5.85. The van der Waals surface area contributed by atoms with Crippen LogP contribution in [0.4, 0.5) is 8.78 Å². The lowest BCUT2D eigenvalue weighted by molar-refractivity contribution is -0.144. The number of hydrogen-bond donors (Lipinski definition) is 0. The summed E-state index contributed by atoms with van der Waals surface area (Å²) in [7, 11) is 0. The highest BCUT2D eigenvalue weighted by Gasteiger charge is 2.37. The molecule has 15 heavy (non-hydrogen) atoms. The van der Waals surface area contributed by atoms with Gasteiger partial charge in [-0.1, -0.05) is 27.7 Å². The molecule has 0 aliphatic carbocycles. The second-order valence-corrected chi connectivity index (χ2v) is 4.99. The average Bonchev–Trinajstić information content (AvgIpc) is 2.11. The maximum absolute atomic E-state index is 13.3. The third-order valence-corrected chi connectivity index (χ3v) is 2.39. The molecule has 0 fully saturated rings. The van der Waals surface area contributed by atoms with Crippen LogP contribution in [0.1, 0.15) is 53.4 Å². The van der Waals surface area contributed by atoms with Crippen molar-refractivity contribution in [2.24, 2.45) is 11.8 Å². The van der Waals surface area contributed by atoms with E-state index in [1.54, 1.807) is 0 Å². The molecule has 0 spiro atoms. The summed E-state index contributed by atoms with van der Waals surface area (Å²) in [5.74, 6) is -3.49. The zero-order chi connectivity index (χ0) is 12.1. The van der Waals surface area contributed by atoms with Gasteiger partial charge in [-0.3, -0.25) is 4.79 Å². The normalized spacial score (nSPS) is 12.5. The molecule has 0 saturated heterocycles. The molecule has 90 valence electrons. The minimum Gasteiger partial charge on any atom is -0.293 e. The first-order valence-electron chi connectivity index (χ1n) is 5.67. The Morgan fingerprint density at radius 3 is 1.93 bits per heavy atom. The molecule has 0 amide bonds. The molecule has 1 nitrogen and oxygen atoms in total. The van der Waals surface area contributed by atoms with E-state index in [2.05, 4.69) is 0 Å². The molecule has 0 bridgehead atoms. The Labute approximate surface area is 91.2 Å². The molecular formula is C12H22F2O. The van der Waals surface area contributed by atoms with Crippen molar-refractivity contribution in [2.45, 2.75) is 59.3 Å². The van der Waals surface area contributed by atoms with Gasteiger partial charge in [0.05, 0.1) is 0 Å². The standard InChI is InChI=1S/C12H22F2O/c1-9(2)5-6-11(15)12(13,14)8-7-10(3)4/h9-10H,5-8H2,1-4H3. The zero-order valence-corrected chi connectivity index (χ0v) is 10.1. The molecule has 0 heterocycles. The lowest BCUT2D eigenvalue weighted by Gasteiger charge is -2.16. The van der Waals surface area contributed by atoms with Gasteiger partial charge < -0.3 is 0 Å². The molecule has 3 heteroatoms. The summed E-state index contributed by atoms with van der Waals surface area (Å²) in [5.41, 5.74) is 0. The first-order chi connectivity index (χ1) is 6.75. The minimum absolute atomic E-state index is 0.00274. The van der Waals surface area contributed by atoms with Crippen molar-refractivity contribution < 1.29 is 13.6 Å². The predicted molar refractivity (Wildman–Crippen MR) is 58.1 cm³/mol. The SMILES string of the molecule is CC(C)CCC(=O)C(F)(F)CCC(C)C. The first kappa shape index (κ1) is 14.5. The predicted octanol–water partition coefficient (Wildman–Crippen LogP) is 4.06. The summed E-state index contributed by atoms with van der Waals surface area (Å²) in [6.45, 7) is 7.63. The van der Waals surface area contributed by atoms with Gasteiger partial charge in [0.1, 0.15) is 0 Å². The molecular weight excluding hydrogens is 198 g/mol. The van der Waals surface area contributed by atoms with E-state index in [-0.39, 0.29) is 18.8 Å². The number of carbonyl (C=O) groups excluding carboxylic acids is 1. The van der Waals surface area contributed by atoms with Crippen molar-refractivity contribution in [3.63, 3.8) is 0 Å². The van der Waals surface area contributed by atoms with Gasteiger partial charge in [-0.2, -0.15) is 8.78 Å². The van der Waals surface area contributed by atoms with Gasteiger partial charge in [-0.15, -0.1) is 0 Å². The number of ketones is 1. The molecule has 0 N–H and O–H groups in total. The van der Waals surface area contributed by atoms with E-state index >= 15 is 0 Å². The Kier molecular flexibility index (Phi) is 5.99. The van der Waals surface area contributed by atoms with Gasteiger partial charge in [0.2, 0.25) is 5.78 Å². The molecule has 0 rings (SSSR count). The Morgan fingerprint density at radius 1 is 1.07 bits per heavy atom. The quantitative estimate of drug-likeness (QED) is 0.632. The van der Waals surface area contributed by atoms with Crippen LogP contribution in [-0.4, -0.2) is 11.7 Å². The lowest BCUT2D eigenvalue weighted by atomic mass is 9.97. The van der Waals surface area contributed by atoms with Gasteiger partial charge in [0.25, 0.3) is 0 Å². The van der Waals surface area contributed by atoms with E-state index < -0.39 is 11.7 Å². The second-order valence-electron chi connectivity index (χ2n) is 4.99. The number of hydrogen-bond acceptors (Lipinski definition) is 1. The van der Waals surface area contributed by atoms with E-state index in [9.17, 15) is 13.6 Å². The summed E-state index contributed by atoms with van der Waals surface area (Å²) >= 11 is 0. The highest BCUT2D eigenvalue weighted by Crippen LogP contribution is 2.26. The molecule has 0 aromatic carbocycles. The topological polar surface area (TPSA) is 17.1 Å². The largest absolute Gasteiger partial charge is 0.305 e. The van der Waals surface area contributed by atoms with E-state index in [4.69, 9.17) is 0 Å². The van der Waals surface area contributed by atoms with E-state index in [0.29, 0.717) is 18.8 Å². The number of Topliss-reactive ketones (excluding diaryl/α,β-unsaturated/α-hetero) is 1. The molecule has 0 radical (unpaired) electrons. The van der Waals surface area contributed by atoms with Gasteiger partial charge in [0.15, 0.2) is 0 Å². The fourth-order valence-electron chi connectivity index (χ4n) is 1.21. The number of alkyl halides is 2. The summed E-state index contributed by atoms with van der Waals surface area (Å²) < 4.78 is 26.6. The molecule has 0 aliphatic rings. The van der Waals surface area contributed by atoms with Crippen molar-refractivity contribution in [3.05, 3.63) is 0 Å². The van der Waals surface area contributed by atoms with Crippen LogP contribution in [0.3, 0.4) is 0 Å². The van der Waals surface area contributed by atoms with E-state index in [1.807, 2.05) is 27.7 Å². The van der Waals surface area contributed by atoms with Crippen LogP contribution in [0.5, 0.6) is 0 Å². The van der Waals surface area contributed by atoms with Crippen molar-refractivity contribution in [2.75, 3.05) is 0 Å². The molecule has 0 aromatic rings. The van der Waals surface area contributed by atoms with Gasteiger partial charge >= 0.3 is 5.92 Å². The van der Waals surface area contributed by atoms with E-state index in [1.165, 1.54) is 0 Å². The Hall–Kier alpha value is -0.470. The molecule has 0 aliphatic heterocycles. The zero-order valence-electron chi connectivity index (χ0n) is 10.1. The molecule has 0 atom stereocenters. The molecule has 0 aromatic heterocycles. The number of carbonyl (C=O) groups is 1.